The van der Waals surface area contributed by atoms with Gasteiger partial charge in [-0.2, -0.15) is 5.10 Å². The van der Waals surface area contributed by atoms with Crippen LogP contribution in [0.3, 0.4) is 0 Å². The summed E-state index contributed by atoms with van der Waals surface area (Å²) in [6.07, 6.45) is 0. The average Bonchev–Trinajstić information content (AvgIpc) is 2.51. The molecule has 0 atom stereocenters. The number of nitrogens with one attached hydrogen (secondary N) is 2. The molecule has 0 saturated carbocycles. The van der Waals surface area contributed by atoms with Crippen LogP contribution >= 0.6 is 15.9 Å². The average molecular weight is 368 g/mol. The van der Waals surface area contributed by atoms with Crippen LogP contribution in [0.1, 0.15) is 12.5 Å². The fraction of sp³-hybridized carbons (Fsp3) is 0.154. The molecule has 0 heterocycles. The van der Waals surface area contributed by atoms with Crippen molar-refractivity contribution in [1.29, 1.82) is 0 Å². The van der Waals surface area contributed by atoms with Gasteiger partial charge in [0.2, 0.25) is 0 Å². The van der Waals surface area contributed by atoms with Gasteiger partial charge in [0.05, 0.1) is 6.61 Å². The SMILES string of the molecule is CCOc1c(Nc2cc(Br)cc(/C(=N/N)NN)c2)c(=O)c1=O. The molecule has 2 aromatic carbocycles. The van der Waals surface area contributed by atoms with Crippen molar-refractivity contribution < 1.29 is 4.74 Å². The van der Waals surface area contributed by atoms with Crippen molar-refractivity contribution in [3.8, 4) is 5.75 Å². The summed E-state index contributed by atoms with van der Waals surface area (Å²) >= 11 is 3.34. The van der Waals surface area contributed by atoms with Crippen molar-refractivity contribution >= 4 is 33.1 Å². The molecule has 0 aliphatic rings. The van der Waals surface area contributed by atoms with E-state index in [1.54, 1.807) is 25.1 Å². The summed E-state index contributed by atoms with van der Waals surface area (Å²) in [6, 6.07) is 5.13. The maximum Gasteiger partial charge on any atom is 0.272 e. The number of anilines is 2. The molecule has 0 amide bonds. The number of halogens is 1. The third-order valence-corrected chi connectivity index (χ3v) is 3.32. The van der Waals surface area contributed by atoms with Gasteiger partial charge in [-0.25, -0.2) is 5.84 Å². The molecule has 0 saturated heterocycles. The van der Waals surface area contributed by atoms with Gasteiger partial charge in [-0.1, -0.05) is 15.9 Å². The molecular formula is C13H14BrN5O3. The molecular weight excluding hydrogens is 354 g/mol. The van der Waals surface area contributed by atoms with Crippen LogP contribution in [0.15, 0.2) is 37.4 Å². The Hall–Kier alpha value is -2.39. The Morgan fingerprint density at radius 3 is 2.64 bits per heavy atom. The van der Waals surface area contributed by atoms with Crippen LogP contribution in [0, 0.1) is 0 Å². The molecule has 0 unspecified atom stereocenters. The predicted molar refractivity (Wildman–Crippen MR) is 88.0 cm³/mol. The smallest absolute Gasteiger partial charge is 0.272 e. The number of nitrogens with zero attached hydrogens (tertiary/aromatic N) is 1. The standard InChI is InChI=1S/C13H14BrN5O3/c1-2-22-12-9(10(20)11(12)21)17-8-4-6(3-7(14)5-8)13(18-15)19-16/h3-5,17H,2,15-16H2,1H3,(H,18,19). The summed E-state index contributed by atoms with van der Waals surface area (Å²) in [4.78, 5) is 23.1. The maximum absolute atomic E-state index is 11.6. The number of rotatable bonds is 5. The highest BCUT2D eigenvalue weighted by atomic mass is 79.9. The first-order valence-corrected chi connectivity index (χ1v) is 7.09. The van der Waals surface area contributed by atoms with Crippen LogP contribution in [0.5, 0.6) is 5.75 Å². The Kier molecular flexibility index (Phi) is 4.78. The lowest BCUT2D eigenvalue weighted by molar-refractivity contribution is 0.335. The van der Waals surface area contributed by atoms with Gasteiger partial charge in [-0.3, -0.25) is 9.59 Å². The Bertz CT molecular complexity index is 795. The summed E-state index contributed by atoms with van der Waals surface area (Å²) in [5, 5.41) is 6.39. The molecule has 0 aliphatic carbocycles. The van der Waals surface area contributed by atoms with Gasteiger partial charge in [-0.05, 0) is 25.1 Å². The number of hydrazine groups is 1. The first kappa shape index (κ1) is 16.0. The highest BCUT2D eigenvalue weighted by Gasteiger charge is 2.22. The molecule has 6 N–H and O–H groups in total. The van der Waals surface area contributed by atoms with Crippen molar-refractivity contribution in [2.45, 2.75) is 6.92 Å². The van der Waals surface area contributed by atoms with Crippen LogP contribution in [-0.2, 0) is 0 Å². The van der Waals surface area contributed by atoms with Crippen LogP contribution in [-0.4, -0.2) is 12.4 Å². The van der Waals surface area contributed by atoms with Gasteiger partial charge in [0.1, 0.15) is 5.69 Å². The largest absolute Gasteiger partial charge is 0.488 e. The molecule has 2 rings (SSSR count). The lowest BCUT2D eigenvalue weighted by Gasteiger charge is -2.14. The fourth-order valence-electron chi connectivity index (χ4n) is 1.90. The number of amidine groups is 1. The quantitative estimate of drug-likeness (QED) is 0.196. The van der Waals surface area contributed by atoms with E-state index in [2.05, 4.69) is 31.8 Å². The molecule has 0 spiro atoms. The fourth-order valence-corrected chi connectivity index (χ4v) is 2.40. The monoisotopic (exact) mass is 367 g/mol. The lowest BCUT2D eigenvalue weighted by atomic mass is 10.1. The third kappa shape index (κ3) is 2.95. The Balaban J connectivity index is 2.37. The van der Waals surface area contributed by atoms with Gasteiger partial charge in [0.15, 0.2) is 11.6 Å². The summed E-state index contributed by atoms with van der Waals surface area (Å²) in [5.41, 5.74) is 2.39. The molecule has 22 heavy (non-hydrogen) atoms. The second-order valence-electron chi connectivity index (χ2n) is 4.27. The molecule has 116 valence electrons. The van der Waals surface area contributed by atoms with Crippen molar-refractivity contribution in [2.24, 2.45) is 16.8 Å². The number of benzene rings is 1. The van der Waals surface area contributed by atoms with E-state index in [0.717, 1.165) is 0 Å². The molecule has 0 radical (unpaired) electrons. The minimum atomic E-state index is -0.632. The van der Waals surface area contributed by atoms with E-state index in [0.29, 0.717) is 22.3 Å². The summed E-state index contributed by atoms with van der Waals surface area (Å²) in [6.45, 7) is 2.03. The molecule has 0 bridgehead atoms. The van der Waals surface area contributed by atoms with Crippen molar-refractivity contribution in [2.75, 3.05) is 11.9 Å². The Morgan fingerprint density at radius 2 is 2.05 bits per heavy atom. The van der Waals surface area contributed by atoms with Crippen LogP contribution in [0.25, 0.3) is 0 Å². The van der Waals surface area contributed by atoms with Gasteiger partial charge in [0, 0.05) is 15.7 Å². The zero-order chi connectivity index (χ0) is 16.3. The number of hydrogen-bond acceptors (Lipinski definition) is 7. The van der Waals surface area contributed by atoms with Gasteiger partial charge in [-0.15, -0.1) is 0 Å². The van der Waals surface area contributed by atoms with E-state index in [1.165, 1.54) is 0 Å². The van der Waals surface area contributed by atoms with E-state index < -0.39 is 10.9 Å². The van der Waals surface area contributed by atoms with E-state index in [1.807, 2.05) is 0 Å². The van der Waals surface area contributed by atoms with Crippen molar-refractivity contribution in [3.05, 3.63) is 48.7 Å². The van der Waals surface area contributed by atoms with E-state index in [9.17, 15) is 9.59 Å². The molecule has 0 fully saturated rings. The predicted octanol–water partition coefficient (Wildman–Crippen LogP) is 0.271. The summed E-state index contributed by atoms with van der Waals surface area (Å²) in [5.74, 6) is 10.9. The lowest BCUT2D eigenvalue weighted by Crippen LogP contribution is -2.35. The van der Waals surface area contributed by atoms with E-state index >= 15 is 0 Å². The number of hydrazone groups is 1. The second-order valence-corrected chi connectivity index (χ2v) is 5.19. The molecule has 8 nitrogen and oxygen atoms in total. The minimum absolute atomic E-state index is 0.0405. The normalized spacial score (nSPS) is 11.5. The summed E-state index contributed by atoms with van der Waals surface area (Å²) in [7, 11) is 0. The first-order valence-electron chi connectivity index (χ1n) is 6.30. The minimum Gasteiger partial charge on any atom is -0.488 e. The Morgan fingerprint density at radius 1 is 1.32 bits per heavy atom. The van der Waals surface area contributed by atoms with Gasteiger partial charge < -0.3 is 21.3 Å². The van der Waals surface area contributed by atoms with Crippen LogP contribution in [0.2, 0.25) is 0 Å². The van der Waals surface area contributed by atoms with E-state index in [4.69, 9.17) is 16.4 Å². The summed E-state index contributed by atoms with van der Waals surface area (Å²) < 4.78 is 5.86. The Labute approximate surface area is 133 Å². The third-order valence-electron chi connectivity index (χ3n) is 2.86. The highest BCUT2D eigenvalue weighted by molar-refractivity contribution is 9.10. The van der Waals surface area contributed by atoms with Crippen molar-refractivity contribution in [1.82, 2.24) is 5.43 Å². The topological polar surface area (TPSA) is 132 Å². The van der Waals surface area contributed by atoms with Crippen LogP contribution in [0.4, 0.5) is 11.4 Å². The zero-order valence-corrected chi connectivity index (χ0v) is 13.2. The number of hydrogen-bond donors (Lipinski definition) is 4. The maximum atomic E-state index is 11.6. The van der Waals surface area contributed by atoms with Gasteiger partial charge >= 0.3 is 0 Å². The number of ether oxygens (including phenoxy) is 1. The van der Waals surface area contributed by atoms with Crippen LogP contribution < -0.4 is 38.0 Å². The molecule has 2 aromatic rings. The van der Waals surface area contributed by atoms with E-state index in [-0.39, 0.29) is 17.3 Å². The zero-order valence-electron chi connectivity index (χ0n) is 11.6. The second kappa shape index (κ2) is 6.58. The molecule has 9 heteroatoms. The van der Waals surface area contributed by atoms with Crippen molar-refractivity contribution in [3.63, 3.8) is 0 Å². The first-order chi connectivity index (χ1) is 10.5. The molecule has 0 aromatic heterocycles. The van der Waals surface area contributed by atoms with Gasteiger partial charge in [0.25, 0.3) is 10.9 Å². The number of nitrogens with two attached hydrogens (primary N) is 2. The highest BCUT2D eigenvalue weighted by Crippen LogP contribution is 2.26. The molecule has 0 aliphatic heterocycles.